The zero-order valence-electron chi connectivity index (χ0n) is 7.01. The maximum Gasteiger partial charge on any atom is 0.307 e. The van der Waals surface area contributed by atoms with Crippen LogP contribution in [0.3, 0.4) is 0 Å². The van der Waals surface area contributed by atoms with Crippen LogP contribution < -0.4 is 5.73 Å². The molecule has 1 saturated carbocycles. The number of aliphatic carboxylic acids is 1. The van der Waals surface area contributed by atoms with E-state index in [-0.39, 0.29) is 11.8 Å². The summed E-state index contributed by atoms with van der Waals surface area (Å²) in [5, 5.41) is 8.91. The molecule has 70 valence electrons. The van der Waals surface area contributed by atoms with Gasteiger partial charge in [-0.2, -0.15) is 0 Å². The molecule has 2 aliphatic rings. The van der Waals surface area contributed by atoms with Gasteiger partial charge in [-0.25, -0.2) is 0 Å². The number of primary amides is 1. The van der Waals surface area contributed by atoms with Gasteiger partial charge in [-0.05, 0) is 18.3 Å². The van der Waals surface area contributed by atoms with Crippen molar-refractivity contribution >= 4 is 11.9 Å². The topological polar surface area (TPSA) is 80.4 Å². The first kappa shape index (κ1) is 8.29. The Morgan fingerprint density at radius 1 is 1.23 bits per heavy atom. The highest BCUT2D eigenvalue weighted by Gasteiger charge is 2.50. The van der Waals surface area contributed by atoms with Gasteiger partial charge in [0.1, 0.15) is 0 Å². The van der Waals surface area contributed by atoms with E-state index < -0.39 is 23.7 Å². The Morgan fingerprint density at radius 3 is 2.15 bits per heavy atom. The third kappa shape index (κ3) is 1.05. The van der Waals surface area contributed by atoms with Crippen molar-refractivity contribution in [1.82, 2.24) is 0 Å². The standard InChI is InChI=1S/C9H11NO3/c10-8(11)6-4-1-2-5(3-4)7(6)9(12)13/h1-2,4-7H,3H2,(H2,10,11)(H,12,13)/t4-,5+,6+,7-/m0/s1. The zero-order chi connectivity index (χ0) is 9.59. The lowest BCUT2D eigenvalue weighted by Crippen LogP contribution is -2.36. The number of hydrogen-bond acceptors (Lipinski definition) is 2. The molecule has 0 radical (unpaired) electrons. The fourth-order valence-electron chi connectivity index (χ4n) is 2.55. The number of carboxylic acid groups (broad SMARTS) is 1. The average Bonchev–Trinajstić information content (AvgIpc) is 2.60. The maximum atomic E-state index is 11.0. The number of hydrogen-bond donors (Lipinski definition) is 2. The summed E-state index contributed by atoms with van der Waals surface area (Å²) < 4.78 is 0. The van der Waals surface area contributed by atoms with Crippen LogP contribution in [-0.2, 0) is 9.59 Å². The minimum absolute atomic E-state index is 0.0139. The molecule has 2 bridgehead atoms. The van der Waals surface area contributed by atoms with Crippen LogP contribution in [-0.4, -0.2) is 17.0 Å². The molecule has 0 aromatic carbocycles. The molecule has 0 aliphatic heterocycles. The summed E-state index contributed by atoms with van der Waals surface area (Å²) in [6.07, 6.45) is 4.58. The lowest BCUT2D eigenvalue weighted by molar-refractivity contribution is -0.147. The van der Waals surface area contributed by atoms with E-state index in [0.29, 0.717) is 0 Å². The summed E-state index contributed by atoms with van der Waals surface area (Å²) in [7, 11) is 0. The minimum atomic E-state index is -0.902. The Kier molecular flexibility index (Phi) is 1.65. The smallest absolute Gasteiger partial charge is 0.307 e. The molecule has 2 aliphatic carbocycles. The van der Waals surface area contributed by atoms with Gasteiger partial charge >= 0.3 is 5.97 Å². The Morgan fingerprint density at radius 2 is 1.77 bits per heavy atom. The number of amides is 1. The second-order valence-corrected chi connectivity index (χ2v) is 3.74. The number of carbonyl (C=O) groups is 2. The molecule has 0 saturated heterocycles. The molecule has 0 unspecified atom stereocenters. The molecule has 4 nitrogen and oxygen atoms in total. The monoisotopic (exact) mass is 181 g/mol. The van der Waals surface area contributed by atoms with E-state index in [9.17, 15) is 9.59 Å². The molecule has 0 spiro atoms. The maximum absolute atomic E-state index is 11.0. The normalized spacial score (nSPS) is 40.9. The molecule has 0 heterocycles. The SMILES string of the molecule is NC(=O)[C@H]1[C@@H](C(=O)O)[C@@H]2C=C[C@H]1C2. The van der Waals surface area contributed by atoms with Crippen molar-refractivity contribution in [3.8, 4) is 0 Å². The van der Waals surface area contributed by atoms with Gasteiger partial charge < -0.3 is 10.8 Å². The highest BCUT2D eigenvalue weighted by Crippen LogP contribution is 2.47. The largest absolute Gasteiger partial charge is 0.481 e. The summed E-state index contributed by atoms with van der Waals surface area (Å²) in [6, 6.07) is 0. The lowest BCUT2D eigenvalue weighted by Gasteiger charge is -2.21. The van der Waals surface area contributed by atoms with Crippen molar-refractivity contribution in [2.45, 2.75) is 6.42 Å². The number of fused-ring (bicyclic) bond motifs is 2. The summed E-state index contributed by atoms with van der Waals surface area (Å²) in [6.45, 7) is 0. The van der Waals surface area contributed by atoms with Gasteiger partial charge in [-0.15, -0.1) is 0 Å². The molecule has 2 rings (SSSR count). The first-order valence-corrected chi connectivity index (χ1v) is 4.31. The zero-order valence-corrected chi connectivity index (χ0v) is 7.01. The number of allylic oxidation sites excluding steroid dienone is 2. The molecule has 1 fully saturated rings. The van der Waals surface area contributed by atoms with Crippen molar-refractivity contribution in [2.24, 2.45) is 29.4 Å². The molecule has 4 atom stereocenters. The first-order chi connectivity index (χ1) is 6.11. The fourth-order valence-corrected chi connectivity index (χ4v) is 2.55. The van der Waals surface area contributed by atoms with Crippen LogP contribution in [0.15, 0.2) is 12.2 Å². The van der Waals surface area contributed by atoms with Crippen LogP contribution in [0.5, 0.6) is 0 Å². The summed E-state index contributed by atoms with van der Waals surface area (Å²) in [4.78, 5) is 21.9. The Bertz CT molecular complexity index is 269. The molecule has 0 aromatic rings. The van der Waals surface area contributed by atoms with Gasteiger partial charge in [0.25, 0.3) is 0 Å². The highest BCUT2D eigenvalue weighted by molar-refractivity contribution is 5.85. The second kappa shape index (κ2) is 2.58. The van der Waals surface area contributed by atoms with Gasteiger partial charge in [0.2, 0.25) is 5.91 Å². The predicted molar refractivity (Wildman–Crippen MR) is 44.5 cm³/mol. The van der Waals surface area contributed by atoms with Gasteiger partial charge in [-0.3, -0.25) is 9.59 Å². The third-order valence-electron chi connectivity index (χ3n) is 3.07. The van der Waals surface area contributed by atoms with Crippen molar-refractivity contribution in [1.29, 1.82) is 0 Å². The van der Waals surface area contributed by atoms with Crippen molar-refractivity contribution in [2.75, 3.05) is 0 Å². The van der Waals surface area contributed by atoms with Gasteiger partial charge in [0.15, 0.2) is 0 Å². The Labute approximate surface area is 75.4 Å². The summed E-state index contributed by atoms with van der Waals surface area (Å²) >= 11 is 0. The van der Waals surface area contributed by atoms with E-state index in [1.54, 1.807) is 0 Å². The molecular weight excluding hydrogens is 170 g/mol. The predicted octanol–water partition coefficient (Wildman–Crippen LogP) is -0.00540. The lowest BCUT2D eigenvalue weighted by atomic mass is 9.83. The molecule has 4 heteroatoms. The van der Waals surface area contributed by atoms with E-state index in [0.717, 1.165) is 6.42 Å². The van der Waals surface area contributed by atoms with Crippen LogP contribution in [0.4, 0.5) is 0 Å². The van der Waals surface area contributed by atoms with E-state index in [4.69, 9.17) is 10.8 Å². The molecule has 13 heavy (non-hydrogen) atoms. The number of carbonyl (C=O) groups excluding carboxylic acids is 1. The van der Waals surface area contributed by atoms with Crippen molar-refractivity contribution in [3.05, 3.63) is 12.2 Å². The average molecular weight is 181 g/mol. The molecular formula is C9H11NO3. The van der Waals surface area contributed by atoms with Crippen molar-refractivity contribution in [3.63, 3.8) is 0 Å². The first-order valence-electron chi connectivity index (χ1n) is 4.31. The van der Waals surface area contributed by atoms with Crippen LogP contribution >= 0.6 is 0 Å². The van der Waals surface area contributed by atoms with Crippen LogP contribution in [0.25, 0.3) is 0 Å². The van der Waals surface area contributed by atoms with Gasteiger partial charge in [-0.1, -0.05) is 12.2 Å². The van der Waals surface area contributed by atoms with E-state index in [2.05, 4.69) is 0 Å². The minimum Gasteiger partial charge on any atom is -0.481 e. The summed E-state index contributed by atoms with van der Waals surface area (Å²) in [5.74, 6) is -2.39. The molecule has 3 N–H and O–H groups in total. The number of carboxylic acids is 1. The second-order valence-electron chi connectivity index (χ2n) is 3.74. The summed E-state index contributed by atoms with van der Waals surface area (Å²) in [5.41, 5.74) is 5.18. The van der Waals surface area contributed by atoms with Crippen molar-refractivity contribution < 1.29 is 14.7 Å². The molecule has 1 amide bonds. The van der Waals surface area contributed by atoms with Crippen LogP contribution in [0, 0.1) is 23.7 Å². The van der Waals surface area contributed by atoms with E-state index in [1.165, 1.54) is 0 Å². The number of nitrogens with two attached hydrogens (primary N) is 1. The number of rotatable bonds is 2. The van der Waals surface area contributed by atoms with Gasteiger partial charge in [0.05, 0.1) is 11.8 Å². The Hall–Kier alpha value is -1.32. The van der Waals surface area contributed by atoms with Crippen LogP contribution in [0.1, 0.15) is 6.42 Å². The molecule has 0 aromatic heterocycles. The Balaban J connectivity index is 2.30. The van der Waals surface area contributed by atoms with Gasteiger partial charge in [0, 0.05) is 0 Å². The van der Waals surface area contributed by atoms with Crippen LogP contribution in [0.2, 0.25) is 0 Å². The highest BCUT2D eigenvalue weighted by atomic mass is 16.4. The fraction of sp³-hybridized carbons (Fsp3) is 0.556. The quantitative estimate of drug-likeness (QED) is 0.588. The van der Waals surface area contributed by atoms with E-state index >= 15 is 0 Å². The van der Waals surface area contributed by atoms with E-state index in [1.807, 2.05) is 12.2 Å². The third-order valence-corrected chi connectivity index (χ3v) is 3.07.